The van der Waals surface area contributed by atoms with Gasteiger partial charge in [0.25, 0.3) is 0 Å². The fourth-order valence-corrected chi connectivity index (χ4v) is 3.79. The highest BCUT2D eigenvalue weighted by molar-refractivity contribution is 7.89. The molecular weight excluding hydrogens is 304 g/mol. The minimum atomic E-state index is -3.55. The lowest BCUT2D eigenvalue weighted by molar-refractivity contribution is 0.538. The fraction of sp³-hybridized carbons (Fsp3) is 0.417. The molecule has 0 amide bonds. The Morgan fingerprint density at radius 1 is 1.53 bits per heavy atom. The Hall–Kier alpha value is -0.690. The summed E-state index contributed by atoms with van der Waals surface area (Å²) in [7, 11) is -3.55. The molecule has 0 spiro atoms. The molecule has 1 aliphatic rings. The van der Waals surface area contributed by atoms with E-state index < -0.39 is 10.0 Å². The number of sulfonamides is 1. The van der Waals surface area contributed by atoms with Crippen molar-refractivity contribution in [3.05, 3.63) is 28.8 Å². The highest BCUT2D eigenvalue weighted by Crippen LogP contribution is 2.33. The number of nitrogens with one attached hydrogen (secondary N) is 1. The summed E-state index contributed by atoms with van der Waals surface area (Å²) in [4.78, 5) is 0.276. The van der Waals surface area contributed by atoms with E-state index in [0.29, 0.717) is 11.5 Å². The van der Waals surface area contributed by atoms with Gasteiger partial charge in [0.05, 0.1) is 9.92 Å². The second kappa shape index (κ2) is 5.36. The molecule has 0 aliphatic heterocycles. The maximum Gasteiger partial charge on any atom is 0.240 e. The van der Waals surface area contributed by atoms with Crippen molar-refractivity contribution < 1.29 is 8.42 Å². The van der Waals surface area contributed by atoms with E-state index in [2.05, 4.69) is 4.72 Å². The summed E-state index contributed by atoms with van der Waals surface area (Å²) in [6.07, 6.45) is 2.15. The lowest BCUT2D eigenvalue weighted by Crippen LogP contribution is -2.34. The summed E-state index contributed by atoms with van der Waals surface area (Å²) in [5.74, 6) is 0.445. The molecule has 2 rings (SSSR count). The minimum Gasteiger partial charge on any atom is -0.389 e. The van der Waals surface area contributed by atoms with Crippen LogP contribution in [-0.2, 0) is 10.0 Å². The first-order valence-electron chi connectivity index (χ1n) is 5.93. The lowest BCUT2D eigenvalue weighted by Gasteiger charge is -2.14. The van der Waals surface area contributed by atoms with Gasteiger partial charge in [-0.2, -0.15) is 0 Å². The maximum absolute atomic E-state index is 12.2. The molecule has 1 aromatic carbocycles. The SMILES string of the molecule is CC(NS(=O)(=O)c1ccc(C(N)=S)c(Cl)c1)C1CC1. The van der Waals surface area contributed by atoms with Gasteiger partial charge >= 0.3 is 0 Å². The average molecular weight is 319 g/mol. The van der Waals surface area contributed by atoms with Crippen molar-refractivity contribution >= 4 is 38.8 Å². The second-order valence-electron chi connectivity index (χ2n) is 4.75. The van der Waals surface area contributed by atoms with Crippen LogP contribution in [0.4, 0.5) is 0 Å². The van der Waals surface area contributed by atoms with E-state index >= 15 is 0 Å². The van der Waals surface area contributed by atoms with Crippen LogP contribution in [0.1, 0.15) is 25.3 Å². The molecule has 0 radical (unpaired) electrons. The molecule has 1 unspecified atom stereocenters. The number of thiocarbonyl (C=S) groups is 1. The Balaban J connectivity index is 2.25. The highest BCUT2D eigenvalue weighted by atomic mass is 35.5. The molecule has 1 aliphatic carbocycles. The summed E-state index contributed by atoms with van der Waals surface area (Å²) in [6, 6.07) is 4.31. The van der Waals surface area contributed by atoms with Gasteiger partial charge in [-0.05, 0) is 43.9 Å². The van der Waals surface area contributed by atoms with E-state index in [-0.39, 0.29) is 20.9 Å². The molecule has 0 bridgehead atoms. The quantitative estimate of drug-likeness (QED) is 0.815. The molecule has 0 heterocycles. The van der Waals surface area contributed by atoms with Gasteiger partial charge in [0.2, 0.25) is 10.0 Å². The first-order chi connectivity index (χ1) is 8.81. The molecule has 1 aromatic rings. The third kappa shape index (κ3) is 3.45. The van der Waals surface area contributed by atoms with E-state index in [1.54, 1.807) is 0 Å². The molecule has 4 nitrogen and oxygen atoms in total. The molecule has 0 aromatic heterocycles. The number of nitrogens with two attached hydrogens (primary N) is 1. The summed E-state index contributed by atoms with van der Waals surface area (Å²) >= 11 is 10.8. The second-order valence-corrected chi connectivity index (χ2v) is 7.31. The third-order valence-corrected chi connectivity index (χ3v) is 5.28. The minimum absolute atomic E-state index is 0.0564. The van der Waals surface area contributed by atoms with Gasteiger partial charge in [-0.15, -0.1) is 0 Å². The average Bonchev–Trinajstić information content (AvgIpc) is 3.11. The topological polar surface area (TPSA) is 72.2 Å². The number of hydrogen-bond acceptors (Lipinski definition) is 3. The van der Waals surface area contributed by atoms with Crippen molar-refractivity contribution in [3.63, 3.8) is 0 Å². The number of hydrogen-bond donors (Lipinski definition) is 2. The monoisotopic (exact) mass is 318 g/mol. The largest absolute Gasteiger partial charge is 0.389 e. The van der Waals surface area contributed by atoms with Gasteiger partial charge in [-0.1, -0.05) is 23.8 Å². The smallest absolute Gasteiger partial charge is 0.240 e. The molecule has 19 heavy (non-hydrogen) atoms. The Labute approximate surface area is 123 Å². The van der Waals surface area contributed by atoms with Crippen LogP contribution >= 0.6 is 23.8 Å². The number of benzene rings is 1. The zero-order chi connectivity index (χ0) is 14.2. The molecule has 1 saturated carbocycles. The number of rotatable bonds is 5. The Morgan fingerprint density at radius 2 is 2.16 bits per heavy atom. The summed E-state index contributed by atoms with van der Waals surface area (Å²) in [6.45, 7) is 1.88. The zero-order valence-electron chi connectivity index (χ0n) is 10.4. The molecule has 0 saturated heterocycles. The summed E-state index contributed by atoms with van der Waals surface area (Å²) in [5.41, 5.74) is 5.96. The van der Waals surface area contributed by atoms with E-state index in [1.807, 2.05) is 6.92 Å². The van der Waals surface area contributed by atoms with Gasteiger partial charge < -0.3 is 5.73 Å². The van der Waals surface area contributed by atoms with Crippen LogP contribution in [0.3, 0.4) is 0 Å². The van der Waals surface area contributed by atoms with Crippen LogP contribution in [-0.4, -0.2) is 19.4 Å². The van der Waals surface area contributed by atoms with Crippen LogP contribution in [0.15, 0.2) is 23.1 Å². The van der Waals surface area contributed by atoms with Crippen LogP contribution in [0.25, 0.3) is 0 Å². The molecule has 1 fully saturated rings. The van der Waals surface area contributed by atoms with E-state index in [1.165, 1.54) is 18.2 Å². The molecule has 3 N–H and O–H groups in total. The standard InChI is InChI=1S/C12H15ClN2O2S2/c1-7(8-2-3-8)15-19(16,17)9-4-5-10(12(14)18)11(13)6-9/h4-8,15H,2-3H2,1H3,(H2,14,18). The summed E-state index contributed by atoms with van der Waals surface area (Å²) < 4.78 is 27.0. The van der Waals surface area contributed by atoms with E-state index in [9.17, 15) is 8.42 Å². The van der Waals surface area contributed by atoms with Crippen molar-refractivity contribution in [2.45, 2.75) is 30.7 Å². The summed E-state index contributed by atoms with van der Waals surface area (Å²) in [5, 5.41) is 0.245. The van der Waals surface area contributed by atoms with Gasteiger partial charge in [0.1, 0.15) is 4.99 Å². The highest BCUT2D eigenvalue weighted by Gasteiger charge is 2.31. The van der Waals surface area contributed by atoms with Crippen LogP contribution in [0.2, 0.25) is 5.02 Å². The molecule has 1 atom stereocenters. The first-order valence-corrected chi connectivity index (χ1v) is 8.20. The predicted molar refractivity (Wildman–Crippen MR) is 79.8 cm³/mol. The lowest BCUT2D eigenvalue weighted by atomic mass is 10.2. The van der Waals surface area contributed by atoms with Gasteiger partial charge in [0.15, 0.2) is 0 Å². The van der Waals surface area contributed by atoms with Gasteiger partial charge in [-0.25, -0.2) is 13.1 Å². The van der Waals surface area contributed by atoms with E-state index in [4.69, 9.17) is 29.6 Å². The first kappa shape index (κ1) is 14.7. The van der Waals surface area contributed by atoms with Crippen molar-refractivity contribution in [1.82, 2.24) is 4.72 Å². The number of halogens is 1. The Kier molecular flexibility index (Phi) is 4.15. The third-order valence-electron chi connectivity index (χ3n) is 3.19. The van der Waals surface area contributed by atoms with E-state index in [0.717, 1.165) is 12.8 Å². The molecule has 104 valence electrons. The van der Waals surface area contributed by atoms with Gasteiger partial charge in [-0.3, -0.25) is 0 Å². The van der Waals surface area contributed by atoms with Crippen molar-refractivity contribution in [3.8, 4) is 0 Å². The van der Waals surface area contributed by atoms with Crippen molar-refractivity contribution in [2.24, 2.45) is 11.7 Å². The zero-order valence-corrected chi connectivity index (χ0v) is 12.8. The van der Waals surface area contributed by atoms with Crippen molar-refractivity contribution in [1.29, 1.82) is 0 Å². The maximum atomic E-state index is 12.2. The Bertz CT molecular complexity index is 612. The van der Waals surface area contributed by atoms with Gasteiger partial charge in [0, 0.05) is 11.6 Å². The molecular formula is C12H15ClN2O2S2. The van der Waals surface area contributed by atoms with Crippen LogP contribution in [0.5, 0.6) is 0 Å². The Morgan fingerprint density at radius 3 is 2.63 bits per heavy atom. The van der Waals surface area contributed by atoms with Crippen LogP contribution < -0.4 is 10.5 Å². The normalized spacial score (nSPS) is 17.2. The molecule has 7 heteroatoms. The van der Waals surface area contributed by atoms with Crippen molar-refractivity contribution in [2.75, 3.05) is 0 Å². The predicted octanol–water partition coefficient (Wildman–Crippen LogP) is 2.05. The fourth-order valence-electron chi connectivity index (χ4n) is 1.87. The van der Waals surface area contributed by atoms with Crippen LogP contribution in [0, 0.1) is 5.92 Å².